The third kappa shape index (κ3) is 4.97. The van der Waals surface area contributed by atoms with Crippen LogP contribution in [0.3, 0.4) is 0 Å². The van der Waals surface area contributed by atoms with E-state index in [1.807, 2.05) is 6.92 Å². The molecule has 2 bridgehead atoms. The highest BCUT2D eigenvalue weighted by molar-refractivity contribution is 6.27. The summed E-state index contributed by atoms with van der Waals surface area (Å²) in [5, 5.41) is 14.8. The van der Waals surface area contributed by atoms with E-state index in [2.05, 4.69) is 18.7 Å². The fourth-order valence-electron chi connectivity index (χ4n) is 6.19. The molecule has 6 fully saturated rings. The van der Waals surface area contributed by atoms with E-state index in [0.29, 0.717) is 24.4 Å². The van der Waals surface area contributed by atoms with Crippen LogP contribution in [-0.2, 0) is 38.3 Å². The van der Waals surface area contributed by atoms with Crippen molar-refractivity contribution >= 4 is 11.9 Å². The Balaban J connectivity index is 0.000000408. The number of hydrogen-bond acceptors (Lipinski definition) is 9. The summed E-state index contributed by atoms with van der Waals surface area (Å²) < 4.78 is 24.5. The molecule has 5 saturated heterocycles. The van der Waals surface area contributed by atoms with E-state index in [9.17, 15) is 0 Å². The number of morpholine rings is 1. The van der Waals surface area contributed by atoms with Gasteiger partial charge in [0.25, 0.3) is 0 Å². The van der Waals surface area contributed by atoms with Gasteiger partial charge < -0.3 is 29.2 Å². The zero-order valence-corrected chi connectivity index (χ0v) is 20.1. The first kappa shape index (κ1) is 25.7. The maximum absolute atomic E-state index is 9.10. The second-order valence-corrected chi connectivity index (χ2v) is 10.2. The van der Waals surface area contributed by atoms with Crippen LogP contribution in [0.5, 0.6) is 0 Å². The van der Waals surface area contributed by atoms with Crippen LogP contribution in [-0.4, -0.2) is 90.5 Å². The molecule has 1 aliphatic carbocycles. The Morgan fingerprint density at radius 3 is 2.41 bits per heavy atom. The molecule has 11 nitrogen and oxygen atoms in total. The average Bonchev–Trinajstić information content (AvgIpc) is 3.04. The van der Waals surface area contributed by atoms with Crippen molar-refractivity contribution in [2.75, 3.05) is 39.5 Å². The molecule has 11 heteroatoms. The SMILES string of the molecule is C[C@H]1[C@@H](OCCN2CCOCC2)O[C@@H]2O[C@@]3(C)CC[C@H]4[C@H](C)CC[C@@H]1[C@@]24OO3.O=C(O)C(=O)O. The van der Waals surface area contributed by atoms with Crippen molar-refractivity contribution in [2.24, 2.45) is 23.7 Å². The number of rotatable bonds is 4. The summed E-state index contributed by atoms with van der Waals surface area (Å²) in [5.41, 5.74) is -0.503. The molecule has 1 spiro atoms. The fraction of sp³-hybridized carbons (Fsp3) is 0.913. The van der Waals surface area contributed by atoms with Gasteiger partial charge in [-0.1, -0.05) is 13.8 Å². The standard InChI is InChI=1S/C21H35NO6.C2H2O4/c1-14-4-5-17-15(2)18(24-13-10-22-8-11-23-12-9-22)25-19-21(17)16(14)6-7-20(3,26-19)27-28-21;3-1(4)2(5)6/h14-19H,4-13H2,1-3H3;(H,3,4)(H,5,6)/t14-,15-,16+,17+,18+,19-,20-,21-;/m1./s1. The number of carboxylic acid groups (broad SMARTS) is 2. The molecule has 5 aliphatic heterocycles. The molecule has 5 heterocycles. The summed E-state index contributed by atoms with van der Waals surface area (Å²) in [6, 6.07) is 0. The topological polar surface area (TPSA) is 133 Å². The number of aliphatic carboxylic acids is 2. The Hall–Kier alpha value is -1.34. The number of ether oxygens (including phenoxy) is 4. The third-order valence-electron chi connectivity index (χ3n) is 8.07. The minimum atomic E-state index is -1.82. The lowest BCUT2D eigenvalue weighted by atomic mass is 9.58. The first-order valence-corrected chi connectivity index (χ1v) is 12.2. The van der Waals surface area contributed by atoms with Crippen molar-refractivity contribution in [1.82, 2.24) is 4.90 Å². The summed E-state index contributed by atoms with van der Waals surface area (Å²) in [6.07, 6.45) is 3.54. The van der Waals surface area contributed by atoms with Gasteiger partial charge in [-0.05, 0) is 38.0 Å². The predicted molar refractivity (Wildman–Crippen MR) is 115 cm³/mol. The minimum absolute atomic E-state index is 0.241. The number of nitrogens with zero attached hydrogens (tertiary/aromatic N) is 1. The molecule has 0 radical (unpaired) electrons. The Labute approximate surface area is 199 Å². The van der Waals surface area contributed by atoms with Crippen LogP contribution in [0.2, 0.25) is 0 Å². The molecular weight excluding hydrogens is 450 g/mol. The quantitative estimate of drug-likeness (QED) is 0.443. The van der Waals surface area contributed by atoms with E-state index < -0.39 is 29.6 Å². The third-order valence-corrected chi connectivity index (χ3v) is 8.07. The van der Waals surface area contributed by atoms with Crippen molar-refractivity contribution in [3.63, 3.8) is 0 Å². The summed E-state index contributed by atoms with van der Waals surface area (Å²) in [6.45, 7) is 11.7. The monoisotopic (exact) mass is 487 g/mol. The van der Waals surface area contributed by atoms with Gasteiger partial charge in [0, 0.05) is 37.9 Å². The van der Waals surface area contributed by atoms with E-state index in [1.54, 1.807) is 0 Å². The molecule has 6 rings (SSSR count). The number of fused-ring (bicyclic) bond motifs is 2. The van der Waals surface area contributed by atoms with Gasteiger partial charge in [-0.3, -0.25) is 4.90 Å². The molecule has 1 saturated carbocycles. The fourth-order valence-corrected chi connectivity index (χ4v) is 6.19. The molecule has 194 valence electrons. The second-order valence-electron chi connectivity index (χ2n) is 10.2. The summed E-state index contributed by atoms with van der Waals surface area (Å²) in [4.78, 5) is 32.6. The highest BCUT2D eigenvalue weighted by Gasteiger charge is 2.69. The Morgan fingerprint density at radius 1 is 1.03 bits per heavy atom. The van der Waals surface area contributed by atoms with Crippen molar-refractivity contribution in [3.05, 3.63) is 0 Å². The Morgan fingerprint density at radius 2 is 1.74 bits per heavy atom. The molecule has 0 aromatic carbocycles. The molecule has 0 amide bonds. The summed E-state index contributed by atoms with van der Waals surface area (Å²) >= 11 is 0. The van der Waals surface area contributed by atoms with Crippen LogP contribution in [0.15, 0.2) is 0 Å². The van der Waals surface area contributed by atoms with Gasteiger partial charge in [0.15, 0.2) is 18.2 Å². The molecule has 34 heavy (non-hydrogen) atoms. The first-order chi connectivity index (χ1) is 16.2. The van der Waals surface area contributed by atoms with Crippen LogP contribution in [0.25, 0.3) is 0 Å². The Bertz CT molecular complexity index is 733. The molecule has 0 unspecified atom stereocenters. The highest BCUT2D eigenvalue weighted by atomic mass is 17.3. The lowest BCUT2D eigenvalue weighted by molar-refractivity contribution is -0.577. The van der Waals surface area contributed by atoms with Crippen molar-refractivity contribution < 1.29 is 48.5 Å². The van der Waals surface area contributed by atoms with Crippen LogP contribution >= 0.6 is 0 Å². The van der Waals surface area contributed by atoms with Gasteiger partial charge in [0.05, 0.1) is 19.8 Å². The average molecular weight is 488 g/mol. The molecular formula is C23H37NO10. The molecule has 0 aromatic rings. The zero-order valence-electron chi connectivity index (χ0n) is 20.1. The smallest absolute Gasteiger partial charge is 0.414 e. The van der Waals surface area contributed by atoms with Crippen molar-refractivity contribution in [3.8, 4) is 0 Å². The normalized spacial score (nSPS) is 43.7. The maximum atomic E-state index is 9.10. The van der Waals surface area contributed by atoms with Crippen LogP contribution < -0.4 is 0 Å². The van der Waals surface area contributed by atoms with Crippen molar-refractivity contribution in [2.45, 2.75) is 70.4 Å². The summed E-state index contributed by atoms with van der Waals surface area (Å²) in [7, 11) is 0. The molecule has 6 aliphatic rings. The van der Waals surface area contributed by atoms with Crippen LogP contribution in [0, 0.1) is 23.7 Å². The number of hydrogen-bond donors (Lipinski definition) is 2. The summed E-state index contributed by atoms with van der Waals surface area (Å²) in [5.74, 6) is -2.83. The predicted octanol–water partition coefficient (Wildman–Crippen LogP) is 1.70. The van der Waals surface area contributed by atoms with E-state index in [-0.39, 0.29) is 12.2 Å². The second kappa shape index (κ2) is 10.3. The van der Waals surface area contributed by atoms with Crippen LogP contribution in [0.1, 0.15) is 46.5 Å². The van der Waals surface area contributed by atoms with Gasteiger partial charge in [-0.25, -0.2) is 19.4 Å². The Kier molecular flexibility index (Phi) is 7.83. The molecule has 0 aromatic heterocycles. The molecule has 2 N–H and O–H groups in total. The first-order valence-electron chi connectivity index (χ1n) is 12.2. The van der Waals surface area contributed by atoms with Crippen LogP contribution in [0.4, 0.5) is 0 Å². The number of carbonyl (C=O) groups is 2. The van der Waals surface area contributed by atoms with Crippen molar-refractivity contribution in [1.29, 1.82) is 0 Å². The maximum Gasteiger partial charge on any atom is 0.414 e. The van der Waals surface area contributed by atoms with E-state index in [1.165, 1.54) is 6.42 Å². The lowest BCUT2D eigenvalue weighted by Crippen LogP contribution is -2.70. The van der Waals surface area contributed by atoms with Gasteiger partial charge in [-0.2, -0.15) is 0 Å². The van der Waals surface area contributed by atoms with Gasteiger partial charge in [0.1, 0.15) is 0 Å². The van der Waals surface area contributed by atoms with Gasteiger partial charge >= 0.3 is 11.9 Å². The van der Waals surface area contributed by atoms with Gasteiger partial charge in [0.2, 0.25) is 5.79 Å². The van der Waals surface area contributed by atoms with E-state index in [0.717, 1.165) is 52.1 Å². The zero-order chi connectivity index (χ0) is 24.5. The van der Waals surface area contributed by atoms with E-state index >= 15 is 0 Å². The number of carboxylic acids is 2. The largest absolute Gasteiger partial charge is 0.473 e. The minimum Gasteiger partial charge on any atom is -0.473 e. The molecule has 8 atom stereocenters. The highest BCUT2D eigenvalue weighted by Crippen LogP contribution is 2.60. The lowest BCUT2D eigenvalue weighted by Gasteiger charge is -2.60. The van der Waals surface area contributed by atoms with E-state index in [4.69, 9.17) is 48.5 Å². The van der Waals surface area contributed by atoms with Gasteiger partial charge in [-0.15, -0.1) is 0 Å².